The monoisotopic (exact) mass is 276 g/mol. The molecule has 2 N–H and O–H groups in total. The summed E-state index contributed by atoms with van der Waals surface area (Å²) in [7, 11) is 0. The predicted molar refractivity (Wildman–Crippen MR) is 81.7 cm³/mol. The lowest BCUT2D eigenvalue weighted by atomic mass is 9.95. The van der Waals surface area contributed by atoms with Gasteiger partial charge in [-0.1, -0.05) is 32.9 Å². The van der Waals surface area contributed by atoms with Gasteiger partial charge in [-0.2, -0.15) is 0 Å². The van der Waals surface area contributed by atoms with Crippen LogP contribution in [0.1, 0.15) is 51.9 Å². The van der Waals surface area contributed by atoms with Gasteiger partial charge in [0.15, 0.2) is 0 Å². The molecular weight excluding hydrogens is 252 g/mol. The van der Waals surface area contributed by atoms with Gasteiger partial charge in [-0.05, 0) is 32.9 Å². The first kappa shape index (κ1) is 16.2. The molecule has 1 rings (SSSR count). The van der Waals surface area contributed by atoms with Crippen molar-refractivity contribution in [3.05, 3.63) is 29.8 Å². The third-order valence-corrected chi connectivity index (χ3v) is 2.59. The van der Waals surface area contributed by atoms with Gasteiger partial charge in [0.25, 0.3) is 5.91 Å². The standard InChI is InChI=1S/C16H24N2O2/c1-15(2,3)14(20)17-12-10-8-7-9-11(12)13(19)18-16(4,5)6/h7-10H,1-6H3,(H,17,20)(H,18,19). The SMILES string of the molecule is CC(C)(C)NC(=O)c1ccccc1NC(=O)C(C)(C)C. The molecule has 0 aliphatic heterocycles. The zero-order valence-electron chi connectivity index (χ0n) is 13.1. The van der Waals surface area contributed by atoms with Crippen molar-refractivity contribution in [1.82, 2.24) is 5.32 Å². The number of carbonyl (C=O) groups excluding carboxylic acids is 2. The van der Waals surface area contributed by atoms with Crippen molar-refractivity contribution in [3.8, 4) is 0 Å². The van der Waals surface area contributed by atoms with Gasteiger partial charge in [0.2, 0.25) is 5.91 Å². The highest BCUT2D eigenvalue weighted by Gasteiger charge is 2.24. The summed E-state index contributed by atoms with van der Waals surface area (Å²) in [6.07, 6.45) is 0. The summed E-state index contributed by atoms with van der Waals surface area (Å²) >= 11 is 0. The smallest absolute Gasteiger partial charge is 0.253 e. The minimum Gasteiger partial charge on any atom is -0.347 e. The molecule has 0 heterocycles. The Balaban J connectivity index is 3.00. The van der Waals surface area contributed by atoms with E-state index in [1.54, 1.807) is 24.3 Å². The van der Waals surface area contributed by atoms with Crippen LogP contribution in [0.25, 0.3) is 0 Å². The third kappa shape index (κ3) is 4.68. The molecule has 0 saturated heterocycles. The van der Waals surface area contributed by atoms with Crippen molar-refractivity contribution >= 4 is 17.5 Å². The summed E-state index contributed by atoms with van der Waals surface area (Å²) in [5, 5.41) is 5.71. The van der Waals surface area contributed by atoms with Crippen molar-refractivity contribution in [1.29, 1.82) is 0 Å². The van der Waals surface area contributed by atoms with Gasteiger partial charge in [0, 0.05) is 11.0 Å². The molecule has 0 unspecified atom stereocenters. The highest BCUT2D eigenvalue weighted by Crippen LogP contribution is 2.21. The summed E-state index contributed by atoms with van der Waals surface area (Å²) in [6.45, 7) is 11.3. The molecule has 0 aliphatic rings. The number of rotatable bonds is 2. The summed E-state index contributed by atoms with van der Waals surface area (Å²) in [4.78, 5) is 24.3. The van der Waals surface area contributed by atoms with Gasteiger partial charge < -0.3 is 10.6 Å². The molecule has 1 aromatic rings. The van der Waals surface area contributed by atoms with E-state index in [0.29, 0.717) is 11.3 Å². The van der Waals surface area contributed by atoms with Crippen molar-refractivity contribution in [3.63, 3.8) is 0 Å². The largest absolute Gasteiger partial charge is 0.347 e. The lowest BCUT2D eigenvalue weighted by Gasteiger charge is -2.23. The highest BCUT2D eigenvalue weighted by atomic mass is 16.2. The van der Waals surface area contributed by atoms with Crippen molar-refractivity contribution in [2.24, 2.45) is 5.41 Å². The van der Waals surface area contributed by atoms with E-state index in [-0.39, 0.29) is 17.4 Å². The van der Waals surface area contributed by atoms with E-state index in [0.717, 1.165) is 0 Å². The first-order valence-electron chi connectivity index (χ1n) is 6.74. The second-order valence-electron chi connectivity index (χ2n) is 6.95. The van der Waals surface area contributed by atoms with E-state index in [1.165, 1.54) is 0 Å². The fourth-order valence-electron chi connectivity index (χ4n) is 1.51. The fraction of sp³-hybridized carbons (Fsp3) is 0.500. The molecule has 0 saturated carbocycles. The third-order valence-electron chi connectivity index (χ3n) is 2.59. The number of hydrogen-bond donors (Lipinski definition) is 2. The van der Waals surface area contributed by atoms with Crippen molar-refractivity contribution < 1.29 is 9.59 Å². The predicted octanol–water partition coefficient (Wildman–Crippen LogP) is 3.20. The minimum absolute atomic E-state index is 0.117. The number of para-hydroxylation sites is 1. The average molecular weight is 276 g/mol. The first-order valence-corrected chi connectivity index (χ1v) is 6.74. The second-order valence-corrected chi connectivity index (χ2v) is 6.95. The van der Waals surface area contributed by atoms with Crippen LogP contribution in [0, 0.1) is 5.41 Å². The Labute approximate surface area is 121 Å². The first-order chi connectivity index (χ1) is 9.00. The number of carbonyl (C=O) groups is 2. The summed E-state index contributed by atoms with van der Waals surface area (Å²) < 4.78 is 0. The lowest BCUT2D eigenvalue weighted by Crippen LogP contribution is -2.41. The Kier molecular flexibility index (Phi) is 4.58. The number of nitrogens with one attached hydrogen (secondary N) is 2. The molecule has 0 bridgehead atoms. The molecule has 0 radical (unpaired) electrons. The molecule has 0 fully saturated rings. The Morgan fingerprint density at radius 2 is 1.50 bits per heavy atom. The Morgan fingerprint density at radius 3 is 2.00 bits per heavy atom. The summed E-state index contributed by atoms with van der Waals surface area (Å²) in [5.41, 5.74) is 0.181. The van der Waals surface area contributed by atoms with E-state index < -0.39 is 5.41 Å². The number of amides is 2. The van der Waals surface area contributed by atoms with E-state index in [2.05, 4.69) is 10.6 Å². The van der Waals surface area contributed by atoms with Crippen LogP contribution < -0.4 is 10.6 Å². The van der Waals surface area contributed by atoms with E-state index in [9.17, 15) is 9.59 Å². The topological polar surface area (TPSA) is 58.2 Å². The molecule has 110 valence electrons. The van der Waals surface area contributed by atoms with Crippen LogP contribution in [0.2, 0.25) is 0 Å². The average Bonchev–Trinajstić information content (AvgIpc) is 2.25. The van der Waals surface area contributed by atoms with Crippen molar-refractivity contribution in [2.45, 2.75) is 47.1 Å². The Morgan fingerprint density at radius 1 is 0.950 bits per heavy atom. The summed E-state index contributed by atoms with van der Waals surface area (Å²) in [5.74, 6) is -0.309. The van der Waals surface area contributed by atoms with E-state index in [4.69, 9.17) is 0 Å². The molecule has 0 aliphatic carbocycles. The summed E-state index contributed by atoms with van der Waals surface area (Å²) in [6, 6.07) is 7.02. The number of benzene rings is 1. The minimum atomic E-state index is -0.506. The van der Waals surface area contributed by atoms with Crippen LogP contribution in [-0.4, -0.2) is 17.4 Å². The van der Waals surface area contributed by atoms with Gasteiger partial charge in [0.1, 0.15) is 0 Å². The molecule has 0 aromatic heterocycles. The second kappa shape index (κ2) is 5.65. The van der Waals surface area contributed by atoms with Crippen LogP contribution in [-0.2, 0) is 4.79 Å². The maximum atomic E-state index is 12.2. The molecule has 4 heteroatoms. The highest BCUT2D eigenvalue weighted by molar-refractivity contribution is 6.04. The van der Waals surface area contributed by atoms with Crippen LogP contribution in [0.4, 0.5) is 5.69 Å². The quantitative estimate of drug-likeness (QED) is 0.871. The van der Waals surface area contributed by atoms with Gasteiger partial charge in [0.05, 0.1) is 11.3 Å². The van der Waals surface area contributed by atoms with E-state index >= 15 is 0 Å². The van der Waals surface area contributed by atoms with E-state index in [1.807, 2.05) is 41.5 Å². The van der Waals surface area contributed by atoms with Crippen LogP contribution in [0.5, 0.6) is 0 Å². The van der Waals surface area contributed by atoms with Gasteiger partial charge in [-0.3, -0.25) is 9.59 Å². The van der Waals surface area contributed by atoms with Crippen LogP contribution >= 0.6 is 0 Å². The number of hydrogen-bond acceptors (Lipinski definition) is 2. The Hall–Kier alpha value is -1.84. The molecule has 0 spiro atoms. The Bertz CT molecular complexity index is 508. The molecule has 4 nitrogen and oxygen atoms in total. The van der Waals surface area contributed by atoms with Crippen LogP contribution in [0.15, 0.2) is 24.3 Å². The molecule has 20 heavy (non-hydrogen) atoms. The molecule has 2 amide bonds. The normalized spacial score (nSPS) is 11.9. The van der Waals surface area contributed by atoms with Gasteiger partial charge >= 0.3 is 0 Å². The maximum absolute atomic E-state index is 12.2. The maximum Gasteiger partial charge on any atom is 0.253 e. The molecular formula is C16H24N2O2. The molecule has 1 aromatic carbocycles. The molecule has 0 atom stereocenters. The fourth-order valence-corrected chi connectivity index (χ4v) is 1.51. The zero-order chi connectivity index (χ0) is 15.6. The van der Waals surface area contributed by atoms with Crippen LogP contribution in [0.3, 0.4) is 0 Å². The zero-order valence-corrected chi connectivity index (χ0v) is 13.1. The lowest BCUT2D eigenvalue weighted by molar-refractivity contribution is -0.123. The van der Waals surface area contributed by atoms with Gasteiger partial charge in [-0.25, -0.2) is 0 Å². The number of anilines is 1. The van der Waals surface area contributed by atoms with Gasteiger partial charge in [-0.15, -0.1) is 0 Å². The van der Waals surface area contributed by atoms with Crippen molar-refractivity contribution in [2.75, 3.05) is 5.32 Å².